The molecule has 1 fully saturated rings. The van der Waals surface area contributed by atoms with Gasteiger partial charge in [-0.3, -0.25) is 4.79 Å². The standard InChI is InChI=1S/C21H26N2O5/c1-2-16-17(20(26)28-12-13-7-4-3-5-8-13)18(23-21(27)22-16)14-9-6-10-15(11-14)19(24)25/h6,9-11,13,17-18H,2-5,7-8,12H2,1H3,(H,23,27)(H,24,25). The van der Waals surface area contributed by atoms with E-state index in [9.17, 15) is 19.5 Å². The summed E-state index contributed by atoms with van der Waals surface area (Å²) in [7, 11) is 0. The zero-order valence-corrected chi connectivity index (χ0v) is 16.0. The van der Waals surface area contributed by atoms with E-state index in [0.29, 0.717) is 30.2 Å². The number of carbonyl (C=O) groups excluding carboxylic acids is 2. The van der Waals surface area contributed by atoms with Crippen molar-refractivity contribution in [3.05, 3.63) is 35.4 Å². The summed E-state index contributed by atoms with van der Waals surface area (Å²) in [6, 6.07) is 5.04. The Morgan fingerprint density at radius 1 is 1.25 bits per heavy atom. The van der Waals surface area contributed by atoms with Gasteiger partial charge in [-0.1, -0.05) is 38.3 Å². The summed E-state index contributed by atoms with van der Waals surface area (Å²) in [5, 5.41) is 12.0. The number of aromatic carboxylic acids is 1. The molecule has 0 radical (unpaired) electrons. The van der Waals surface area contributed by atoms with Gasteiger partial charge in [0, 0.05) is 5.71 Å². The van der Waals surface area contributed by atoms with Crippen LogP contribution in [0.2, 0.25) is 0 Å². The normalized spacial score (nSPS) is 22.9. The van der Waals surface area contributed by atoms with E-state index in [2.05, 4.69) is 10.3 Å². The molecule has 1 aromatic carbocycles. The largest absolute Gasteiger partial charge is 0.478 e. The van der Waals surface area contributed by atoms with Gasteiger partial charge in [-0.25, -0.2) is 14.6 Å². The second kappa shape index (κ2) is 8.99. The third kappa shape index (κ3) is 4.58. The lowest BCUT2D eigenvalue weighted by Crippen LogP contribution is -2.45. The molecular weight excluding hydrogens is 360 g/mol. The first kappa shape index (κ1) is 20.0. The fourth-order valence-electron chi connectivity index (χ4n) is 4.00. The second-order valence-electron chi connectivity index (χ2n) is 7.43. The number of nitrogens with one attached hydrogen (secondary N) is 1. The number of ether oxygens (including phenoxy) is 1. The first-order valence-electron chi connectivity index (χ1n) is 9.87. The van der Waals surface area contributed by atoms with E-state index in [4.69, 9.17) is 4.74 Å². The van der Waals surface area contributed by atoms with E-state index in [1.165, 1.54) is 18.6 Å². The lowest BCUT2D eigenvalue weighted by atomic mass is 9.86. The molecule has 7 heteroatoms. The Labute approximate surface area is 164 Å². The molecule has 0 aromatic heterocycles. The Balaban J connectivity index is 1.83. The van der Waals surface area contributed by atoms with Crippen molar-refractivity contribution in [1.29, 1.82) is 0 Å². The highest BCUT2D eigenvalue weighted by Gasteiger charge is 2.39. The number of urea groups is 1. The van der Waals surface area contributed by atoms with E-state index in [0.717, 1.165) is 25.7 Å². The number of amides is 2. The molecule has 1 aliphatic carbocycles. The Morgan fingerprint density at radius 3 is 2.68 bits per heavy atom. The Hall–Kier alpha value is -2.70. The van der Waals surface area contributed by atoms with Crippen LogP contribution in [0.1, 0.15) is 67.4 Å². The van der Waals surface area contributed by atoms with E-state index in [-0.39, 0.29) is 5.56 Å². The molecule has 2 amide bonds. The van der Waals surface area contributed by atoms with Crippen molar-refractivity contribution in [2.45, 2.75) is 51.5 Å². The van der Waals surface area contributed by atoms with Gasteiger partial charge in [0.25, 0.3) is 0 Å². The zero-order valence-electron chi connectivity index (χ0n) is 16.0. The maximum Gasteiger partial charge on any atom is 0.341 e. The highest BCUT2D eigenvalue weighted by molar-refractivity contribution is 6.09. The van der Waals surface area contributed by atoms with Gasteiger partial charge >= 0.3 is 18.0 Å². The number of carboxylic acid groups (broad SMARTS) is 1. The number of rotatable bonds is 6. The number of nitrogens with zero attached hydrogens (tertiary/aromatic N) is 1. The molecule has 2 N–H and O–H groups in total. The van der Waals surface area contributed by atoms with Crippen LogP contribution in [-0.2, 0) is 9.53 Å². The molecule has 2 unspecified atom stereocenters. The first-order chi connectivity index (χ1) is 13.5. The molecule has 2 aliphatic rings. The predicted molar refractivity (Wildman–Crippen MR) is 103 cm³/mol. The SMILES string of the molecule is CCC1=NC(=O)NC(c2cccc(C(=O)O)c2)C1C(=O)OCC1CCCCC1. The summed E-state index contributed by atoms with van der Waals surface area (Å²) >= 11 is 0. The quantitative estimate of drug-likeness (QED) is 0.725. The summed E-state index contributed by atoms with van der Waals surface area (Å²) < 4.78 is 5.63. The van der Waals surface area contributed by atoms with Gasteiger partial charge in [0.05, 0.1) is 18.2 Å². The lowest BCUT2D eigenvalue weighted by Gasteiger charge is -2.31. The van der Waals surface area contributed by atoms with Gasteiger partial charge in [0.1, 0.15) is 5.92 Å². The lowest BCUT2D eigenvalue weighted by molar-refractivity contribution is -0.148. The first-order valence-corrected chi connectivity index (χ1v) is 9.87. The van der Waals surface area contributed by atoms with Crippen LogP contribution in [-0.4, -0.2) is 35.4 Å². The number of hydrogen-bond acceptors (Lipinski definition) is 4. The summed E-state index contributed by atoms with van der Waals surface area (Å²) in [6.07, 6.45) is 6.11. The average molecular weight is 386 g/mol. The minimum atomic E-state index is -1.07. The minimum absolute atomic E-state index is 0.0987. The smallest absolute Gasteiger partial charge is 0.341 e. The van der Waals surface area contributed by atoms with Crippen LogP contribution in [0.3, 0.4) is 0 Å². The van der Waals surface area contributed by atoms with Crippen LogP contribution in [0.15, 0.2) is 29.3 Å². The minimum Gasteiger partial charge on any atom is -0.478 e. The van der Waals surface area contributed by atoms with Crippen molar-refractivity contribution in [3.8, 4) is 0 Å². The van der Waals surface area contributed by atoms with Crippen LogP contribution in [0, 0.1) is 11.8 Å². The maximum atomic E-state index is 12.9. The summed E-state index contributed by atoms with van der Waals surface area (Å²) in [5.74, 6) is -1.86. The third-order valence-electron chi connectivity index (χ3n) is 5.51. The Bertz CT molecular complexity index is 783. The van der Waals surface area contributed by atoms with Crippen molar-refractivity contribution in [1.82, 2.24) is 5.32 Å². The number of carboxylic acids is 1. The Morgan fingerprint density at radius 2 is 2.00 bits per heavy atom. The van der Waals surface area contributed by atoms with E-state index in [1.807, 2.05) is 6.92 Å². The molecule has 0 spiro atoms. The average Bonchev–Trinajstić information content (AvgIpc) is 2.72. The summed E-state index contributed by atoms with van der Waals surface area (Å²) in [4.78, 5) is 40.3. The van der Waals surface area contributed by atoms with Gasteiger partial charge in [-0.15, -0.1) is 0 Å². The molecule has 0 saturated heterocycles. The molecule has 1 saturated carbocycles. The summed E-state index contributed by atoms with van der Waals surface area (Å²) in [6.45, 7) is 2.21. The predicted octanol–water partition coefficient (Wildman–Crippen LogP) is 3.74. The van der Waals surface area contributed by atoms with E-state index < -0.39 is 29.9 Å². The van der Waals surface area contributed by atoms with Gasteiger partial charge in [-0.05, 0) is 42.9 Å². The molecule has 28 heavy (non-hydrogen) atoms. The van der Waals surface area contributed by atoms with Gasteiger partial charge in [-0.2, -0.15) is 0 Å². The number of hydrogen-bond donors (Lipinski definition) is 2. The van der Waals surface area contributed by atoms with Gasteiger partial charge in [0.2, 0.25) is 0 Å². The van der Waals surface area contributed by atoms with Crippen LogP contribution in [0.4, 0.5) is 4.79 Å². The highest BCUT2D eigenvalue weighted by atomic mass is 16.5. The third-order valence-corrected chi connectivity index (χ3v) is 5.51. The molecule has 1 aliphatic heterocycles. The molecule has 150 valence electrons. The van der Waals surface area contributed by atoms with Gasteiger partial charge < -0.3 is 15.2 Å². The number of benzene rings is 1. The summed E-state index contributed by atoms with van der Waals surface area (Å²) in [5.41, 5.74) is 1.11. The molecule has 0 bridgehead atoms. The fraction of sp³-hybridized carbons (Fsp3) is 0.524. The molecule has 1 aromatic rings. The van der Waals surface area contributed by atoms with Crippen molar-refractivity contribution < 1.29 is 24.2 Å². The van der Waals surface area contributed by atoms with Crippen molar-refractivity contribution in [2.24, 2.45) is 16.8 Å². The Kier molecular flexibility index (Phi) is 6.44. The molecule has 2 atom stereocenters. The number of carbonyl (C=O) groups is 3. The van der Waals surface area contributed by atoms with Crippen molar-refractivity contribution in [2.75, 3.05) is 6.61 Å². The topological polar surface area (TPSA) is 105 Å². The molecule has 1 heterocycles. The van der Waals surface area contributed by atoms with Crippen molar-refractivity contribution >= 4 is 23.7 Å². The van der Waals surface area contributed by atoms with Crippen LogP contribution >= 0.6 is 0 Å². The molecule has 7 nitrogen and oxygen atoms in total. The van der Waals surface area contributed by atoms with Crippen molar-refractivity contribution in [3.63, 3.8) is 0 Å². The van der Waals surface area contributed by atoms with Crippen LogP contribution < -0.4 is 5.32 Å². The molecule has 3 rings (SSSR count). The zero-order chi connectivity index (χ0) is 20.1. The monoisotopic (exact) mass is 386 g/mol. The van der Waals surface area contributed by atoms with Gasteiger partial charge in [0.15, 0.2) is 0 Å². The highest BCUT2D eigenvalue weighted by Crippen LogP contribution is 2.31. The van der Waals surface area contributed by atoms with Crippen LogP contribution in [0.25, 0.3) is 0 Å². The number of esters is 1. The van der Waals surface area contributed by atoms with Crippen LogP contribution in [0.5, 0.6) is 0 Å². The fourth-order valence-corrected chi connectivity index (χ4v) is 4.00. The molecular formula is C21H26N2O5. The van der Waals surface area contributed by atoms with E-state index in [1.54, 1.807) is 12.1 Å². The van der Waals surface area contributed by atoms with E-state index >= 15 is 0 Å². The maximum absolute atomic E-state index is 12.9. The second-order valence-corrected chi connectivity index (χ2v) is 7.43. The number of aliphatic imine (C=N–C) groups is 1.